The maximum Gasteiger partial charge on any atom is 0.433 e. The van der Waals surface area contributed by atoms with Crippen LogP contribution >= 0.6 is 11.6 Å². The first-order valence-corrected chi connectivity index (χ1v) is 13.7. The van der Waals surface area contributed by atoms with Gasteiger partial charge in [-0.25, -0.2) is 9.97 Å². The highest BCUT2D eigenvalue weighted by Gasteiger charge is 2.33. The number of piperidine rings is 1. The van der Waals surface area contributed by atoms with E-state index in [0.717, 1.165) is 18.0 Å². The molecule has 14 heteroatoms. The number of nitrogens with zero attached hydrogens (tertiary/aromatic N) is 4. The predicted molar refractivity (Wildman–Crippen MR) is 151 cm³/mol. The summed E-state index contributed by atoms with van der Waals surface area (Å²) in [6.45, 7) is 0.251. The molecule has 3 amide bonds. The van der Waals surface area contributed by atoms with E-state index < -0.39 is 35.8 Å². The van der Waals surface area contributed by atoms with Crippen molar-refractivity contribution in [2.24, 2.45) is 0 Å². The summed E-state index contributed by atoms with van der Waals surface area (Å²) in [7, 11) is 0. The number of pyridine rings is 1. The molecule has 4 rings (SSSR count). The Balaban J connectivity index is 1.29. The average molecular weight is 617 g/mol. The first-order valence-electron chi connectivity index (χ1n) is 13.3. The molecule has 2 aromatic heterocycles. The molecule has 1 aliphatic heterocycles. The van der Waals surface area contributed by atoms with Gasteiger partial charge >= 0.3 is 6.18 Å². The van der Waals surface area contributed by atoms with Gasteiger partial charge in [0.25, 0.3) is 0 Å². The third-order valence-electron chi connectivity index (χ3n) is 6.50. The van der Waals surface area contributed by atoms with Crippen LogP contribution in [0.25, 0.3) is 6.08 Å². The molecule has 10 nitrogen and oxygen atoms in total. The Morgan fingerprint density at radius 1 is 1.07 bits per heavy atom. The number of carbonyl (C=O) groups excluding carboxylic acids is 3. The lowest BCUT2D eigenvalue weighted by Gasteiger charge is -2.32. The average Bonchev–Trinajstić information content (AvgIpc) is 3.00. The zero-order valence-electron chi connectivity index (χ0n) is 22.8. The molecule has 3 heterocycles. The summed E-state index contributed by atoms with van der Waals surface area (Å²) in [5, 5.41) is 5.82. The van der Waals surface area contributed by atoms with Crippen LogP contribution in [0.4, 0.5) is 13.2 Å². The zero-order valence-corrected chi connectivity index (χ0v) is 23.5. The molecule has 0 bridgehead atoms. The molecule has 0 saturated carbocycles. The fourth-order valence-electron chi connectivity index (χ4n) is 4.25. The molecule has 1 atom stereocenters. The van der Waals surface area contributed by atoms with Crippen LogP contribution in [0, 0.1) is 0 Å². The van der Waals surface area contributed by atoms with Crippen LogP contribution in [0.1, 0.15) is 29.8 Å². The Morgan fingerprint density at radius 3 is 2.49 bits per heavy atom. The summed E-state index contributed by atoms with van der Waals surface area (Å²) >= 11 is 5.89. The number of nitrogens with one attached hydrogen (secondary N) is 2. The summed E-state index contributed by atoms with van der Waals surface area (Å²) in [6, 6.07) is 11.8. The first kappa shape index (κ1) is 31.4. The largest absolute Gasteiger partial charge is 0.474 e. The number of halogens is 4. The first-order chi connectivity index (χ1) is 20.6. The summed E-state index contributed by atoms with van der Waals surface area (Å²) in [5.41, 5.74) is 0.216. The fraction of sp³-hybridized carbons (Fsp3) is 0.310. The number of hydrogen-bond acceptors (Lipinski definition) is 7. The molecule has 1 unspecified atom stereocenters. The monoisotopic (exact) mass is 616 g/mol. The van der Waals surface area contributed by atoms with Crippen molar-refractivity contribution in [2.45, 2.75) is 37.6 Å². The van der Waals surface area contributed by atoms with Gasteiger partial charge in [0.05, 0.1) is 6.54 Å². The minimum atomic E-state index is -4.62. The molecule has 1 aliphatic rings. The van der Waals surface area contributed by atoms with E-state index in [1.165, 1.54) is 11.0 Å². The number of hydrogen-bond donors (Lipinski definition) is 2. The van der Waals surface area contributed by atoms with Crippen molar-refractivity contribution in [2.75, 3.05) is 19.6 Å². The van der Waals surface area contributed by atoms with E-state index in [0.29, 0.717) is 23.6 Å². The quantitative estimate of drug-likeness (QED) is 0.334. The van der Waals surface area contributed by atoms with Crippen molar-refractivity contribution in [3.05, 3.63) is 89.1 Å². The van der Waals surface area contributed by atoms with Crippen LogP contribution in [-0.4, -0.2) is 69.4 Å². The number of likely N-dealkylation sites (tertiary alicyclic amines) is 1. The molecule has 3 aromatic rings. The topological polar surface area (TPSA) is 126 Å². The van der Waals surface area contributed by atoms with Crippen molar-refractivity contribution in [3.63, 3.8) is 0 Å². The fourth-order valence-corrected chi connectivity index (χ4v) is 4.38. The van der Waals surface area contributed by atoms with Gasteiger partial charge in [-0.1, -0.05) is 29.8 Å². The van der Waals surface area contributed by atoms with Crippen LogP contribution in [0.2, 0.25) is 5.02 Å². The van der Waals surface area contributed by atoms with Crippen LogP contribution < -0.4 is 15.4 Å². The molecule has 0 radical (unpaired) electrons. The lowest BCUT2D eigenvalue weighted by atomic mass is 10.1. The van der Waals surface area contributed by atoms with Crippen LogP contribution in [0.3, 0.4) is 0 Å². The summed E-state index contributed by atoms with van der Waals surface area (Å²) in [6.07, 6.45) is 1.02. The second-order valence-electron chi connectivity index (χ2n) is 9.63. The van der Waals surface area contributed by atoms with E-state index in [1.807, 2.05) is 0 Å². The molecule has 0 spiro atoms. The minimum Gasteiger partial charge on any atom is -0.474 e. The maximum atomic E-state index is 13.1. The van der Waals surface area contributed by atoms with Crippen molar-refractivity contribution in [1.29, 1.82) is 0 Å². The molecule has 1 aromatic carbocycles. The summed E-state index contributed by atoms with van der Waals surface area (Å²) in [4.78, 5) is 51.2. The van der Waals surface area contributed by atoms with Gasteiger partial charge in [0, 0.05) is 61.4 Å². The SMILES string of the molecule is O=C(/C=C/c1ccc(Cl)cc1)NC(Cc1ccccn1)C(=O)NCC(=O)N1CCC(Oc2cc(C(F)(F)F)ncn2)CC1. The van der Waals surface area contributed by atoms with Crippen molar-refractivity contribution in [1.82, 2.24) is 30.5 Å². The molecular weight excluding hydrogens is 589 g/mol. The lowest BCUT2D eigenvalue weighted by Crippen LogP contribution is -2.51. The normalized spacial score (nSPS) is 14.7. The minimum absolute atomic E-state index is 0.100. The predicted octanol–water partition coefficient (Wildman–Crippen LogP) is 3.47. The summed E-state index contributed by atoms with van der Waals surface area (Å²) < 4.78 is 44.3. The Morgan fingerprint density at radius 2 is 1.81 bits per heavy atom. The standard InChI is InChI=1S/C29H28ClF3N6O4/c30-20-7-4-19(5-8-20)6-9-25(40)38-23(15-21-3-1-2-12-34-21)28(42)35-17-27(41)39-13-10-22(11-14-39)43-26-16-24(29(31,32)33)36-18-37-26/h1-9,12,16,18,22-23H,10-11,13-15,17H2,(H,35,42)(H,38,40)/b9-6+. The van der Waals surface area contributed by atoms with Crippen LogP contribution in [0.15, 0.2) is 67.1 Å². The van der Waals surface area contributed by atoms with Gasteiger partial charge < -0.3 is 20.3 Å². The molecule has 0 aliphatic carbocycles. The van der Waals surface area contributed by atoms with Gasteiger partial charge in [0.15, 0.2) is 5.69 Å². The number of benzene rings is 1. The Hall–Kier alpha value is -4.52. The number of ether oxygens (including phenoxy) is 1. The van der Waals surface area contributed by atoms with Gasteiger partial charge in [-0.3, -0.25) is 19.4 Å². The Kier molecular flexibility index (Phi) is 10.7. The zero-order chi connectivity index (χ0) is 30.8. The second kappa shape index (κ2) is 14.6. The van der Waals surface area contributed by atoms with Crippen LogP contribution in [0.5, 0.6) is 5.88 Å². The molecule has 1 fully saturated rings. The van der Waals surface area contributed by atoms with Gasteiger partial charge in [0.1, 0.15) is 18.5 Å². The molecule has 43 heavy (non-hydrogen) atoms. The van der Waals surface area contributed by atoms with E-state index >= 15 is 0 Å². The van der Waals surface area contributed by atoms with E-state index in [4.69, 9.17) is 16.3 Å². The third-order valence-corrected chi connectivity index (χ3v) is 6.75. The van der Waals surface area contributed by atoms with Gasteiger partial charge in [-0.2, -0.15) is 13.2 Å². The van der Waals surface area contributed by atoms with E-state index in [9.17, 15) is 27.6 Å². The smallest absolute Gasteiger partial charge is 0.433 e. The Bertz CT molecular complexity index is 1430. The number of alkyl halides is 3. The molecule has 1 saturated heterocycles. The lowest BCUT2D eigenvalue weighted by molar-refractivity contribution is -0.141. The number of carbonyl (C=O) groups is 3. The van der Waals surface area contributed by atoms with Gasteiger partial charge in [-0.05, 0) is 35.9 Å². The van der Waals surface area contributed by atoms with Crippen molar-refractivity contribution in [3.8, 4) is 5.88 Å². The number of rotatable bonds is 10. The van der Waals surface area contributed by atoms with Crippen LogP contribution in [-0.2, 0) is 27.0 Å². The maximum absolute atomic E-state index is 13.1. The highest BCUT2D eigenvalue weighted by atomic mass is 35.5. The Labute approximate surface area is 250 Å². The van der Waals surface area contributed by atoms with E-state index in [-0.39, 0.29) is 37.8 Å². The number of aromatic nitrogens is 3. The molecule has 2 N–H and O–H groups in total. The number of amides is 3. The molecule has 226 valence electrons. The van der Waals surface area contributed by atoms with Crippen molar-refractivity contribution >= 4 is 35.4 Å². The third kappa shape index (κ3) is 9.77. The highest BCUT2D eigenvalue weighted by molar-refractivity contribution is 6.30. The van der Waals surface area contributed by atoms with E-state index in [1.54, 1.807) is 54.7 Å². The highest BCUT2D eigenvalue weighted by Crippen LogP contribution is 2.29. The second-order valence-corrected chi connectivity index (χ2v) is 10.1. The van der Waals surface area contributed by atoms with E-state index in [2.05, 4.69) is 25.6 Å². The van der Waals surface area contributed by atoms with Gasteiger partial charge in [0.2, 0.25) is 23.6 Å². The van der Waals surface area contributed by atoms with Crippen molar-refractivity contribution < 1.29 is 32.3 Å². The molecular formula is C29H28ClF3N6O4. The summed E-state index contributed by atoms with van der Waals surface area (Å²) in [5.74, 6) is -1.61. The van der Waals surface area contributed by atoms with Gasteiger partial charge in [-0.15, -0.1) is 0 Å².